The SMILES string of the molecule is CN(CCCN1CCCCCC1)C(=O)C1CC(=O)N(c2nc3ccccc3s2)C1. The molecule has 0 aliphatic carbocycles. The van der Waals surface area contributed by atoms with Gasteiger partial charge in [-0.15, -0.1) is 0 Å². The first-order valence-corrected chi connectivity index (χ1v) is 11.6. The molecule has 6 nitrogen and oxygen atoms in total. The Morgan fingerprint density at radius 1 is 1.21 bits per heavy atom. The number of likely N-dealkylation sites (tertiary alicyclic amines) is 1. The van der Waals surface area contributed by atoms with Crippen molar-refractivity contribution >= 4 is 38.5 Å². The van der Waals surface area contributed by atoms with Crippen molar-refractivity contribution in [3.63, 3.8) is 0 Å². The zero-order valence-corrected chi connectivity index (χ0v) is 18.0. The highest BCUT2D eigenvalue weighted by Crippen LogP contribution is 2.33. The Balaban J connectivity index is 1.30. The molecule has 2 saturated heterocycles. The molecule has 1 aromatic heterocycles. The molecule has 4 rings (SSSR count). The van der Waals surface area contributed by atoms with Gasteiger partial charge in [0.15, 0.2) is 5.13 Å². The Bertz CT molecular complexity index is 826. The van der Waals surface area contributed by atoms with Crippen LogP contribution in [0.15, 0.2) is 24.3 Å². The van der Waals surface area contributed by atoms with E-state index in [0.29, 0.717) is 11.7 Å². The van der Waals surface area contributed by atoms with Crippen LogP contribution in [0.25, 0.3) is 10.2 Å². The fraction of sp³-hybridized carbons (Fsp3) is 0.591. The third-order valence-corrected chi connectivity index (χ3v) is 7.09. The average molecular weight is 415 g/mol. The van der Waals surface area contributed by atoms with E-state index in [1.54, 1.807) is 4.90 Å². The maximum Gasteiger partial charge on any atom is 0.229 e. The van der Waals surface area contributed by atoms with Crippen LogP contribution in [-0.2, 0) is 9.59 Å². The van der Waals surface area contributed by atoms with E-state index in [9.17, 15) is 9.59 Å². The van der Waals surface area contributed by atoms with Gasteiger partial charge in [0.05, 0.1) is 16.1 Å². The summed E-state index contributed by atoms with van der Waals surface area (Å²) in [6.07, 6.45) is 6.54. The Morgan fingerprint density at radius 2 is 1.97 bits per heavy atom. The molecule has 1 aromatic carbocycles. The van der Waals surface area contributed by atoms with Gasteiger partial charge >= 0.3 is 0 Å². The minimum atomic E-state index is -0.266. The number of hydrogen-bond donors (Lipinski definition) is 0. The Hall–Kier alpha value is -1.99. The van der Waals surface area contributed by atoms with E-state index in [1.165, 1.54) is 50.1 Å². The summed E-state index contributed by atoms with van der Waals surface area (Å²) in [7, 11) is 1.87. The highest BCUT2D eigenvalue weighted by molar-refractivity contribution is 7.22. The number of nitrogens with zero attached hydrogens (tertiary/aromatic N) is 4. The molecule has 7 heteroatoms. The van der Waals surface area contributed by atoms with Crippen molar-refractivity contribution in [1.82, 2.24) is 14.8 Å². The maximum absolute atomic E-state index is 12.9. The molecule has 1 atom stereocenters. The van der Waals surface area contributed by atoms with Crippen molar-refractivity contribution in [2.24, 2.45) is 5.92 Å². The number of fused-ring (bicyclic) bond motifs is 1. The number of thiazole rings is 1. The van der Waals surface area contributed by atoms with E-state index >= 15 is 0 Å². The average Bonchev–Trinajstić information content (AvgIpc) is 3.22. The molecule has 2 aromatic rings. The predicted octanol–water partition coefficient (Wildman–Crippen LogP) is 3.37. The van der Waals surface area contributed by atoms with Crippen LogP contribution in [0, 0.1) is 5.92 Å². The molecule has 2 amide bonds. The fourth-order valence-electron chi connectivity index (χ4n) is 4.35. The molecule has 156 valence electrons. The van der Waals surface area contributed by atoms with Crippen LogP contribution in [0.2, 0.25) is 0 Å². The van der Waals surface area contributed by atoms with E-state index < -0.39 is 0 Å². The van der Waals surface area contributed by atoms with Gasteiger partial charge in [-0.1, -0.05) is 36.3 Å². The van der Waals surface area contributed by atoms with Gasteiger partial charge in [0, 0.05) is 26.6 Å². The number of carbonyl (C=O) groups excluding carboxylic acids is 2. The van der Waals surface area contributed by atoms with Crippen molar-refractivity contribution in [2.45, 2.75) is 38.5 Å². The lowest BCUT2D eigenvalue weighted by Crippen LogP contribution is -2.36. The predicted molar refractivity (Wildman–Crippen MR) is 117 cm³/mol. The standard InChI is InChI=1S/C22H30N4O2S/c1-24(11-8-14-25-12-6-2-3-7-13-25)21(28)17-15-20(27)26(16-17)22-23-18-9-4-5-10-19(18)29-22/h4-5,9-10,17H,2-3,6-8,11-16H2,1H3. The summed E-state index contributed by atoms with van der Waals surface area (Å²) in [5, 5.41) is 0.704. The zero-order valence-electron chi connectivity index (χ0n) is 17.2. The number of rotatable bonds is 6. The fourth-order valence-corrected chi connectivity index (χ4v) is 5.34. The lowest BCUT2D eigenvalue weighted by atomic mass is 10.1. The van der Waals surface area contributed by atoms with Gasteiger partial charge < -0.3 is 9.80 Å². The highest BCUT2D eigenvalue weighted by atomic mass is 32.1. The maximum atomic E-state index is 12.9. The van der Waals surface area contributed by atoms with Crippen LogP contribution in [-0.4, -0.2) is 66.4 Å². The third kappa shape index (κ3) is 4.78. The van der Waals surface area contributed by atoms with Crippen LogP contribution in [0.1, 0.15) is 38.5 Å². The third-order valence-electron chi connectivity index (χ3n) is 6.03. The van der Waals surface area contributed by atoms with Crippen molar-refractivity contribution in [1.29, 1.82) is 0 Å². The summed E-state index contributed by atoms with van der Waals surface area (Å²) in [6, 6.07) is 7.89. The number of carbonyl (C=O) groups is 2. The van der Waals surface area contributed by atoms with Crippen LogP contribution in [0.3, 0.4) is 0 Å². The minimum Gasteiger partial charge on any atom is -0.345 e. The van der Waals surface area contributed by atoms with Gasteiger partial charge in [-0.25, -0.2) is 4.98 Å². The number of aromatic nitrogens is 1. The first kappa shape index (κ1) is 20.3. The molecule has 2 aliphatic rings. The lowest BCUT2D eigenvalue weighted by molar-refractivity contribution is -0.134. The van der Waals surface area contributed by atoms with Gasteiger partial charge in [-0.2, -0.15) is 0 Å². The summed E-state index contributed by atoms with van der Waals surface area (Å²) in [4.78, 5) is 36.1. The quantitative estimate of drug-likeness (QED) is 0.727. The molecular weight excluding hydrogens is 384 g/mol. The second kappa shape index (κ2) is 9.22. The van der Waals surface area contributed by atoms with Gasteiger partial charge in [0.25, 0.3) is 0 Å². The van der Waals surface area contributed by atoms with Crippen LogP contribution < -0.4 is 4.90 Å². The van der Waals surface area contributed by atoms with Crippen molar-refractivity contribution < 1.29 is 9.59 Å². The lowest BCUT2D eigenvalue weighted by Gasteiger charge is -2.24. The number of amides is 2. The number of benzene rings is 1. The van der Waals surface area contributed by atoms with Crippen LogP contribution >= 0.6 is 11.3 Å². The molecule has 0 saturated carbocycles. The number of anilines is 1. The molecule has 2 fully saturated rings. The monoisotopic (exact) mass is 414 g/mol. The first-order valence-electron chi connectivity index (χ1n) is 10.7. The molecule has 0 spiro atoms. The first-order chi connectivity index (χ1) is 14.1. The normalized spacial score (nSPS) is 20.9. The van der Waals surface area contributed by atoms with Crippen molar-refractivity contribution in [2.75, 3.05) is 44.7 Å². The van der Waals surface area contributed by atoms with E-state index in [0.717, 1.165) is 29.7 Å². The summed E-state index contributed by atoms with van der Waals surface area (Å²) in [5.74, 6) is -0.184. The van der Waals surface area contributed by atoms with Crippen LogP contribution in [0.5, 0.6) is 0 Å². The molecular formula is C22H30N4O2S. The Kier molecular flexibility index (Phi) is 6.45. The van der Waals surface area contributed by atoms with E-state index in [1.807, 2.05) is 36.2 Å². The van der Waals surface area contributed by atoms with Crippen molar-refractivity contribution in [3.05, 3.63) is 24.3 Å². The summed E-state index contributed by atoms with van der Waals surface area (Å²) in [5.41, 5.74) is 0.903. The van der Waals surface area contributed by atoms with Crippen molar-refractivity contribution in [3.8, 4) is 0 Å². The van der Waals surface area contributed by atoms with Gasteiger partial charge in [-0.05, 0) is 51.0 Å². The smallest absolute Gasteiger partial charge is 0.229 e. The molecule has 1 unspecified atom stereocenters. The van der Waals surface area contributed by atoms with E-state index in [4.69, 9.17) is 0 Å². The largest absolute Gasteiger partial charge is 0.345 e. The topological polar surface area (TPSA) is 56.8 Å². The van der Waals surface area contributed by atoms with E-state index in [-0.39, 0.29) is 24.2 Å². The number of para-hydroxylation sites is 1. The molecule has 0 bridgehead atoms. The summed E-state index contributed by atoms with van der Waals surface area (Å²) < 4.78 is 1.07. The van der Waals surface area contributed by atoms with Gasteiger partial charge in [0.1, 0.15) is 0 Å². The summed E-state index contributed by atoms with van der Waals surface area (Å²) >= 11 is 1.52. The van der Waals surface area contributed by atoms with Gasteiger partial charge in [-0.3, -0.25) is 14.5 Å². The second-order valence-electron chi connectivity index (χ2n) is 8.24. The zero-order chi connectivity index (χ0) is 20.2. The number of hydrogen-bond acceptors (Lipinski definition) is 5. The molecule has 3 heterocycles. The molecule has 29 heavy (non-hydrogen) atoms. The Morgan fingerprint density at radius 3 is 2.72 bits per heavy atom. The van der Waals surface area contributed by atoms with Gasteiger partial charge in [0.2, 0.25) is 11.8 Å². The van der Waals surface area contributed by atoms with Crippen LogP contribution in [0.4, 0.5) is 5.13 Å². The highest BCUT2D eigenvalue weighted by Gasteiger charge is 2.37. The molecule has 0 N–H and O–H groups in total. The summed E-state index contributed by atoms with van der Waals surface area (Å²) in [6.45, 7) is 4.62. The molecule has 0 radical (unpaired) electrons. The second-order valence-corrected chi connectivity index (χ2v) is 9.25. The Labute approximate surface area is 176 Å². The molecule has 2 aliphatic heterocycles. The minimum absolute atomic E-state index is 0.000345. The van der Waals surface area contributed by atoms with E-state index in [2.05, 4.69) is 9.88 Å².